The molecule has 0 bridgehead atoms. The monoisotopic (exact) mass is 331 g/mol. The highest BCUT2D eigenvalue weighted by atomic mass is 16.5. The molecule has 2 aromatic rings. The van der Waals surface area contributed by atoms with Crippen LogP contribution in [-0.2, 0) is 23.1 Å². The summed E-state index contributed by atoms with van der Waals surface area (Å²) in [6.07, 6.45) is 0.215. The van der Waals surface area contributed by atoms with Crippen molar-refractivity contribution in [3.05, 3.63) is 47.3 Å². The van der Waals surface area contributed by atoms with Gasteiger partial charge in [-0.05, 0) is 19.4 Å². The molecule has 0 aliphatic carbocycles. The molecular weight excluding hydrogens is 310 g/mol. The number of aryl methyl sites for hydroxylation is 2. The molecule has 0 fully saturated rings. The molecule has 1 aromatic heterocycles. The zero-order valence-corrected chi connectivity index (χ0v) is 13.9. The number of nitrogens with one attached hydrogen (secondary N) is 1. The summed E-state index contributed by atoms with van der Waals surface area (Å²) in [6, 6.07) is 8.14. The van der Waals surface area contributed by atoms with Gasteiger partial charge in [0.05, 0.1) is 5.69 Å². The Morgan fingerprint density at radius 1 is 1.29 bits per heavy atom. The van der Waals surface area contributed by atoms with E-state index in [0.29, 0.717) is 11.4 Å². The number of rotatable bonds is 7. The second-order valence-corrected chi connectivity index (χ2v) is 5.56. The first kappa shape index (κ1) is 17.5. The van der Waals surface area contributed by atoms with Gasteiger partial charge in [0.25, 0.3) is 5.91 Å². The van der Waals surface area contributed by atoms with E-state index in [1.54, 1.807) is 18.7 Å². The SMILES string of the molecule is Cc1nn(C)c(C)c1OCC(=O)N[C@@H](Cc1ccccc1)C(=O)O. The predicted molar refractivity (Wildman–Crippen MR) is 87.9 cm³/mol. The Hall–Kier alpha value is -2.83. The van der Waals surface area contributed by atoms with Crippen molar-refractivity contribution in [1.82, 2.24) is 15.1 Å². The number of hydrogen-bond acceptors (Lipinski definition) is 4. The van der Waals surface area contributed by atoms with Gasteiger partial charge in [0.1, 0.15) is 11.7 Å². The summed E-state index contributed by atoms with van der Waals surface area (Å²) in [5.74, 6) is -1.02. The third-order valence-corrected chi connectivity index (χ3v) is 3.71. The number of amides is 1. The Bertz CT molecular complexity index is 725. The minimum atomic E-state index is -1.08. The van der Waals surface area contributed by atoms with E-state index in [1.807, 2.05) is 37.3 Å². The van der Waals surface area contributed by atoms with Crippen LogP contribution < -0.4 is 10.1 Å². The molecule has 128 valence electrons. The van der Waals surface area contributed by atoms with Gasteiger partial charge in [0.2, 0.25) is 0 Å². The van der Waals surface area contributed by atoms with Gasteiger partial charge >= 0.3 is 5.97 Å². The summed E-state index contributed by atoms with van der Waals surface area (Å²) in [7, 11) is 1.79. The topological polar surface area (TPSA) is 93.5 Å². The fourth-order valence-electron chi connectivity index (χ4n) is 2.39. The maximum atomic E-state index is 12.0. The van der Waals surface area contributed by atoms with Crippen LogP contribution in [0.5, 0.6) is 5.75 Å². The first-order valence-electron chi connectivity index (χ1n) is 7.57. The second-order valence-electron chi connectivity index (χ2n) is 5.56. The number of hydrogen-bond donors (Lipinski definition) is 2. The normalized spacial score (nSPS) is 11.8. The molecule has 1 atom stereocenters. The molecular formula is C17H21N3O4. The van der Waals surface area contributed by atoms with Crippen molar-refractivity contribution in [1.29, 1.82) is 0 Å². The highest BCUT2D eigenvalue weighted by molar-refractivity contribution is 5.84. The third kappa shape index (κ3) is 4.34. The van der Waals surface area contributed by atoms with Crippen molar-refractivity contribution in [3.63, 3.8) is 0 Å². The van der Waals surface area contributed by atoms with Crippen LogP contribution in [0.25, 0.3) is 0 Å². The summed E-state index contributed by atoms with van der Waals surface area (Å²) in [6.45, 7) is 3.37. The lowest BCUT2D eigenvalue weighted by atomic mass is 10.1. The zero-order valence-electron chi connectivity index (χ0n) is 13.9. The largest absolute Gasteiger partial charge is 0.480 e. The van der Waals surface area contributed by atoms with E-state index in [-0.39, 0.29) is 13.0 Å². The minimum Gasteiger partial charge on any atom is -0.480 e. The third-order valence-electron chi connectivity index (χ3n) is 3.71. The minimum absolute atomic E-state index is 0.215. The smallest absolute Gasteiger partial charge is 0.326 e. The van der Waals surface area contributed by atoms with Gasteiger partial charge in [-0.2, -0.15) is 5.10 Å². The molecule has 0 saturated carbocycles. The number of aromatic nitrogens is 2. The van der Waals surface area contributed by atoms with E-state index in [0.717, 1.165) is 11.3 Å². The van der Waals surface area contributed by atoms with Crippen LogP contribution in [0.4, 0.5) is 0 Å². The molecule has 1 aromatic carbocycles. The molecule has 0 spiro atoms. The first-order chi connectivity index (χ1) is 11.4. The summed E-state index contributed by atoms with van der Waals surface area (Å²) in [4.78, 5) is 23.4. The molecule has 7 heteroatoms. The van der Waals surface area contributed by atoms with Crippen LogP contribution in [0.3, 0.4) is 0 Å². The number of carbonyl (C=O) groups excluding carboxylic acids is 1. The van der Waals surface area contributed by atoms with E-state index in [4.69, 9.17) is 4.74 Å². The number of aliphatic carboxylic acids is 1. The number of carboxylic acids is 1. The van der Waals surface area contributed by atoms with Gasteiger partial charge in [0, 0.05) is 13.5 Å². The van der Waals surface area contributed by atoms with Gasteiger partial charge < -0.3 is 15.2 Å². The van der Waals surface area contributed by atoms with E-state index in [1.165, 1.54) is 0 Å². The van der Waals surface area contributed by atoms with Crippen LogP contribution in [0.15, 0.2) is 30.3 Å². The van der Waals surface area contributed by atoms with Crippen LogP contribution in [0.2, 0.25) is 0 Å². The highest BCUT2D eigenvalue weighted by Crippen LogP contribution is 2.21. The quantitative estimate of drug-likeness (QED) is 0.796. The van der Waals surface area contributed by atoms with Crippen molar-refractivity contribution in [3.8, 4) is 5.75 Å². The molecule has 0 radical (unpaired) electrons. The van der Waals surface area contributed by atoms with Crippen molar-refractivity contribution >= 4 is 11.9 Å². The van der Waals surface area contributed by atoms with Gasteiger partial charge in [-0.25, -0.2) is 4.79 Å². The lowest BCUT2D eigenvalue weighted by molar-refractivity contribution is -0.142. The average molecular weight is 331 g/mol. The molecule has 7 nitrogen and oxygen atoms in total. The van der Waals surface area contributed by atoms with E-state index >= 15 is 0 Å². The Kier molecular flexibility index (Phi) is 5.57. The van der Waals surface area contributed by atoms with E-state index in [2.05, 4.69) is 10.4 Å². The van der Waals surface area contributed by atoms with Crippen LogP contribution in [0, 0.1) is 13.8 Å². The number of carbonyl (C=O) groups is 2. The Labute approximate surface area is 140 Å². The number of nitrogens with zero attached hydrogens (tertiary/aromatic N) is 2. The Morgan fingerprint density at radius 3 is 2.50 bits per heavy atom. The Balaban J connectivity index is 1.94. The van der Waals surface area contributed by atoms with Gasteiger partial charge in [-0.15, -0.1) is 0 Å². The lowest BCUT2D eigenvalue weighted by Crippen LogP contribution is -2.44. The molecule has 2 rings (SSSR count). The summed E-state index contributed by atoms with van der Waals surface area (Å²) < 4.78 is 7.16. The number of carboxylic acid groups (broad SMARTS) is 1. The van der Waals surface area contributed by atoms with Crippen molar-refractivity contribution in [2.45, 2.75) is 26.3 Å². The van der Waals surface area contributed by atoms with Crippen molar-refractivity contribution < 1.29 is 19.4 Å². The molecule has 1 heterocycles. The molecule has 0 saturated heterocycles. The van der Waals surface area contributed by atoms with E-state index < -0.39 is 17.9 Å². The molecule has 0 aliphatic heterocycles. The standard InChI is InChI=1S/C17H21N3O4/c1-11-16(12(2)20(3)19-11)24-10-15(21)18-14(17(22)23)9-13-7-5-4-6-8-13/h4-8,14H,9-10H2,1-3H3,(H,18,21)(H,22,23)/t14-/m0/s1. The lowest BCUT2D eigenvalue weighted by Gasteiger charge is -2.15. The van der Waals surface area contributed by atoms with Crippen LogP contribution >= 0.6 is 0 Å². The summed E-state index contributed by atoms with van der Waals surface area (Å²) in [5, 5.41) is 16.0. The van der Waals surface area contributed by atoms with Gasteiger partial charge in [-0.1, -0.05) is 30.3 Å². The van der Waals surface area contributed by atoms with Crippen molar-refractivity contribution in [2.75, 3.05) is 6.61 Å². The van der Waals surface area contributed by atoms with Gasteiger partial charge in [0.15, 0.2) is 12.4 Å². The predicted octanol–water partition coefficient (Wildman–Crippen LogP) is 1.23. The maximum Gasteiger partial charge on any atom is 0.326 e. The fraction of sp³-hybridized carbons (Fsp3) is 0.353. The zero-order chi connectivity index (χ0) is 17.7. The molecule has 1 amide bonds. The number of benzene rings is 1. The van der Waals surface area contributed by atoms with Crippen molar-refractivity contribution in [2.24, 2.45) is 7.05 Å². The van der Waals surface area contributed by atoms with Crippen LogP contribution in [-0.4, -0.2) is 39.4 Å². The molecule has 0 aliphatic rings. The average Bonchev–Trinajstić information content (AvgIpc) is 2.78. The summed E-state index contributed by atoms with van der Waals surface area (Å²) >= 11 is 0. The first-order valence-corrected chi connectivity index (χ1v) is 7.57. The molecule has 2 N–H and O–H groups in total. The maximum absolute atomic E-state index is 12.0. The Morgan fingerprint density at radius 2 is 1.96 bits per heavy atom. The van der Waals surface area contributed by atoms with Crippen LogP contribution in [0.1, 0.15) is 17.0 Å². The van der Waals surface area contributed by atoms with Gasteiger partial charge in [-0.3, -0.25) is 9.48 Å². The summed E-state index contributed by atoms with van der Waals surface area (Å²) in [5.41, 5.74) is 2.33. The molecule has 0 unspecified atom stereocenters. The van der Waals surface area contributed by atoms with E-state index in [9.17, 15) is 14.7 Å². The number of ether oxygens (including phenoxy) is 1. The second kappa shape index (κ2) is 7.63. The highest BCUT2D eigenvalue weighted by Gasteiger charge is 2.21. The molecule has 24 heavy (non-hydrogen) atoms. The fourth-order valence-corrected chi connectivity index (χ4v) is 2.39.